The number of nitrogens with one attached hydrogen (secondary N) is 1. The largest absolute Gasteiger partial charge is 2.00 e. The Balaban J connectivity index is 0.000000526. The molecule has 2 saturated carbocycles. The Labute approximate surface area is 177 Å². The van der Waals surface area contributed by atoms with Crippen molar-refractivity contribution < 1.29 is 27.1 Å². The molecule has 0 aromatic rings. The number of nitrogens with zero attached hydrogens (tertiary/aromatic N) is 1. The second-order valence-electron chi connectivity index (χ2n) is 8.05. The van der Waals surface area contributed by atoms with Crippen LogP contribution in [0, 0.1) is 63.7 Å². The molecule has 0 aromatic heterocycles. The maximum Gasteiger partial charge on any atom is 2.00 e. The molecule has 3 fully saturated rings. The molecule has 3 aliphatic rings. The van der Waals surface area contributed by atoms with Crippen molar-refractivity contribution in [1.82, 2.24) is 10.4 Å². The van der Waals surface area contributed by atoms with Crippen LogP contribution >= 0.6 is 0 Å². The van der Waals surface area contributed by atoms with Gasteiger partial charge < -0.3 is 5.32 Å². The van der Waals surface area contributed by atoms with Gasteiger partial charge in [0.15, 0.2) is 0 Å². The third-order valence-electron chi connectivity index (χ3n) is 4.61. The molecule has 145 valence electrons. The van der Waals surface area contributed by atoms with Crippen molar-refractivity contribution in [2.45, 2.75) is 57.7 Å². The summed E-state index contributed by atoms with van der Waals surface area (Å²) < 4.78 is 0. The van der Waals surface area contributed by atoms with Gasteiger partial charge in [0.1, 0.15) is 0 Å². The van der Waals surface area contributed by atoms with E-state index in [-0.39, 0.29) is 29.0 Å². The fourth-order valence-corrected chi connectivity index (χ4v) is 3.61. The van der Waals surface area contributed by atoms with Crippen molar-refractivity contribution in [2.75, 3.05) is 0 Å². The molecule has 0 atom stereocenters. The van der Waals surface area contributed by atoms with Gasteiger partial charge in [-0.15, -0.1) is 10.3 Å². The molecule has 0 unspecified atom stereocenters. The molecule has 1 N–H and O–H groups in total. The molecule has 3 rings (SSSR count). The Hall–Kier alpha value is -0.351. The summed E-state index contributed by atoms with van der Waals surface area (Å²) >= 11 is 0. The monoisotopic (exact) mass is 409 g/mol. The predicted molar refractivity (Wildman–Crippen MR) is 103 cm³/mol. The van der Waals surface area contributed by atoms with E-state index >= 15 is 0 Å². The Bertz CT molecular complexity index is 455. The number of piperidine rings is 1. The fourth-order valence-electron chi connectivity index (χ4n) is 3.61. The first-order chi connectivity index (χ1) is 12.2. The molecule has 11 radical (unpaired) electrons. The van der Waals surface area contributed by atoms with Crippen LogP contribution in [0.5, 0.6) is 0 Å². The topological polar surface area (TPSA) is 52.2 Å². The van der Waals surface area contributed by atoms with Gasteiger partial charge in [-0.1, -0.05) is 6.08 Å². The molecule has 2 aliphatic carbocycles. The second kappa shape index (κ2) is 11.0. The van der Waals surface area contributed by atoms with Crippen molar-refractivity contribution in [1.29, 1.82) is 0 Å². The Morgan fingerprint density at radius 3 is 1.85 bits per heavy atom. The second-order valence-corrected chi connectivity index (χ2v) is 8.05. The van der Waals surface area contributed by atoms with Crippen LogP contribution in [0.3, 0.4) is 0 Å². The molecule has 5 heteroatoms. The summed E-state index contributed by atoms with van der Waals surface area (Å²) in [6.07, 6.45) is 22.5. The van der Waals surface area contributed by atoms with Crippen LogP contribution in [0.25, 0.3) is 0 Å². The van der Waals surface area contributed by atoms with E-state index in [1.54, 1.807) is 12.2 Å². The predicted octanol–water partition coefficient (Wildman–Crippen LogP) is 3.45. The standard InChI is InChI=1S/C17H24N2O2.C5H5.Fe/c1-16(2)11-14(12-17(3,4)19(16)21)18-15(20)10-9-13-7-5-6-8-13;1-2-4-5-3-1;/h5-10,14H,11-12H2,1-4H3,(H,18,20);1-5H;/q;;+2/b10-9+;;. The van der Waals surface area contributed by atoms with Crippen molar-refractivity contribution >= 4 is 5.91 Å². The quantitative estimate of drug-likeness (QED) is 0.574. The Kier molecular flexibility index (Phi) is 10.1. The average Bonchev–Trinajstić information content (AvgIpc) is 3.26. The Morgan fingerprint density at radius 2 is 1.41 bits per heavy atom. The van der Waals surface area contributed by atoms with E-state index < -0.39 is 11.1 Å². The molecule has 4 nitrogen and oxygen atoms in total. The molecule has 1 amide bonds. The maximum absolute atomic E-state index is 12.3. The van der Waals surface area contributed by atoms with E-state index in [2.05, 4.69) is 5.32 Å². The van der Waals surface area contributed by atoms with E-state index in [9.17, 15) is 10.0 Å². The van der Waals surface area contributed by atoms with Crippen LogP contribution in [-0.2, 0) is 27.1 Å². The van der Waals surface area contributed by atoms with E-state index in [0.717, 1.165) is 5.92 Å². The summed E-state index contributed by atoms with van der Waals surface area (Å²) in [5.74, 6) is 0.910. The van der Waals surface area contributed by atoms with Gasteiger partial charge in [0.2, 0.25) is 5.91 Å². The molecule has 1 saturated heterocycles. The van der Waals surface area contributed by atoms with Gasteiger partial charge in [-0.2, -0.15) is 0 Å². The third kappa shape index (κ3) is 7.89. The van der Waals surface area contributed by atoms with Crippen molar-refractivity contribution in [3.63, 3.8) is 0 Å². The molecule has 0 aromatic carbocycles. The number of amides is 1. The van der Waals surface area contributed by atoms with E-state index in [1.165, 1.54) is 5.06 Å². The van der Waals surface area contributed by atoms with Gasteiger partial charge in [0.05, 0.1) is 0 Å². The number of hydrogen-bond acceptors (Lipinski definition) is 2. The van der Waals surface area contributed by atoms with Gasteiger partial charge in [-0.25, -0.2) is 0 Å². The molecule has 1 aliphatic heterocycles. The zero-order valence-corrected chi connectivity index (χ0v) is 17.6. The molecule has 1 heterocycles. The molecule has 0 bridgehead atoms. The fraction of sp³-hybridized carbons (Fsp3) is 0.409. The van der Waals surface area contributed by atoms with Crippen LogP contribution in [0.1, 0.15) is 40.5 Å². The number of hydroxylamine groups is 2. The minimum absolute atomic E-state index is 0. The summed E-state index contributed by atoms with van der Waals surface area (Å²) in [7, 11) is 0. The van der Waals surface area contributed by atoms with Crippen LogP contribution in [-0.4, -0.2) is 28.1 Å². The molecule has 0 spiro atoms. The van der Waals surface area contributed by atoms with Crippen LogP contribution < -0.4 is 5.32 Å². The summed E-state index contributed by atoms with van der Waals surface area (Å²) in [5, 5.41) is 16.5. The van der Waals surface area contributed by atoms with Crippen molar-refractivity contribution in [3.05, 3.63) is 75.9 Å². The first-order valence-corrected chi connectivity index (χ1v) is 9.05. The summed E-state index contributed by atoms with van der Waals surface area (Å²) in [5.41, 5.74) is -0.926. The van der Waals surface area contributed by atoms with E-state index in [1.807, 2.05) is 85.5 Å². The van der Waals surface area contributed by atoms with Crippen LogP contribution in [0.4, 0.5) is 0 Å². The zero-order chi connectivity index (χ0) is 19.2. The van der Waals surface area contributed by atoms with Crippen molar-refractivity contribution in [3.8, 4) is 0 Å². The molecular weight excluding hydrogens is 380 g/mol. The zero-order valence-electron chi connectivity index (χ0n) is 16.5. The summed E-state index contributed by atoms with van der Waals surface area (Å²) in [6.45, 7) is 7.72. The summed E-state index contributed by atoms with van der Waals surface area (Å²) in [6, 6.07) is 0.0250. The SMILES string of the molecule is CC1(C)CC(NC(=O)/C=C/[C]2[CH][CH][CH][CH]2)CC(C)(C)N1[O].[CH]1[CH][CH][CH][CH]1.[Fe+2]. The number of allylic oxidation sites excluding steroid dienone is 1. The number of carbonyl (C=O) groups excluding carboxylic acids is 1. The number of rotatable bonds is 3. The number of carbonyl (C=O) groups is 1. The van der Waals surface area contributed by atoms with Gasteiger partial charge in [0.25, 0.3) is 0 Å². The third-order valence-corrected chi connectivity index (χ3v) is 4.61. The first-order valence-electron chi connectivity index (χ1n) is 9.05. The minimum atomic E-state index is -0.463. The molecular formula is C22H29FeN2O2+2. The van der Waals surface area contributed by atoms with Gasteiger partial charge in [-0.05, 0) is 104 Å². The average molecular weight is 409 g/mol. The first kappa shape index (κ1) is 24.7. The minimum Gasteiger partial charge on any atom is -0.350 e. The normalized spacial score (nSPS) is 25.7. The smallest absolute Gasteiger partial charge is 0.350 e. The Morgan fingerprint density at radius 1 is 0.963 bits per heavy atom. The van der Waals surface area contributed by atoms with Crippen LogP contribution in [0.15, 0.2) is 12.2 Å². The van der Waals surface area contributed by atoms with Gasteiger partial charge >= 0.3 is 17.1 Å². The van der Waals surface area contributed by atoms with Gasteiger partial charge in [0, 0.05) is 23.0 Å². The number of hydrogen-bond donors (Lipinski definition) is 1. The summed E-state index contributed by atoms with van der Waals surface area (Å²) in [4.78, 5) is 12.0. The van der Waals surface area contributed by atoms with Crippen LogP contribution in [0.2, 0.25) is 0 Å². The van der Waals surface area contributed by atoms with E-state index in [0.29, 0.717) is 12.8 Å². The maximum atomic E-state index is 12.3. The van der Waals surface area contributed by atoms with E-state index in [4.69, 9.17) is 0 Å². The van der Waals surface area contributed by atoms with Crippen molar-refractivity contribution in [2.24, 2.45) is 0 Å². The molecule has 27 heavy (non-hydrogen) atoms. The van der Waals surface area contributed by atoms with Gasteiger partial charge in [-0.3, -0.25) is 4.79 Å².